The van der Waals surface area contributed by atoms with Crippen LogP contribution in [0.3, 0.4) is 0 Å². The highest BCUT2D eigenvalue weighted by molar-refractivity contribution is 5.67. The van der Waals surface area contributed by atoms with Crippen molar-refractivity contribution >= 4 is 5.97 Å². The summed E-state index contributed by atoms with van der Waals surface area (Å²) in [6, 6.07) is 0. The molecule has 0 aromatic carbocycles. The van der Waals surface area contributed by atoms with Gasteiger partial charge in [0.15, 0.2) is 0 Å². The van der Waals surface area contributed by atoms with Crippen LogP contribution in [0.15, 0.2) is 0 Å². The van der Waals surface area contributed by atoms with Gasteiger partial charge in [-0.05, 0) is 0 Å². The average Bonchev–Trinajstić information content (AvgIpc) is 2.46. The fraction of sp³-hybridized carbons (Fsp3) is 0.923. The standard InChI is InChI=1S/C13H26O8/c1-16-2-3-17-4-5-18-6-7-19-8-9-20-10-11-21-12-13(14)15/h2-12H2,1H3,(H,14,15). The SMILES string of the molecule is COCCOCCOCCOCCOCCOCC(=O)O. The van der Waals surface area contributed by atoms with E-state index in [1.807, 2.05) is 0 Å². The zero-order valence-electron chi connectivity index (χ0n) is 12.6. The molecule has 0 spiro atoms. The van der Waals surface area contributed by atoms with Crippen LogP contribution in [0.2, 0.25) is 0 Å². The second-order valence-electron chi connectivity index (χ2n) is 3.89. The van der Waals surface area contributed by atoms with E-state index in [2.05, 4.69) is 0 Å². The van der Waals surface area contributed by atoms with Crippen molar-refractivity contribution in [3.63, 3.8) is 0 Å². The van der Waals surface area contributed by atoms with Gasteiger partial charge in [-0.1, -0.05) is 0 Å². The molecule has 0 atom stereocenters. The molecule has 0 aliphatic rings. The molecular formula is C13H26O8. The van der Waals surface area contributed by atoms with Crippen molar-refractivity contribution in [2.45, 2.75) is 0 Å². The van der Waals surface area contributed by atoms with E-state index in [4.69, 9.17) is 33.5 Å². The fourth-order valence-corrected chi connectivity index (χ4v) is 1.18. The molecule has 0 radical (unpaired) electrons. The van der Waals surface area contributed by atoms with Crippen molar-refractivity contribution in [1.29, 1.82) is 0 Å². The third kappa shape index (κ3) is 19.2. The normalized spacial score (nSPS) is 10.9. The molecule has 0 heterocycles. The van der Waals surface area contributed by atoms with Crippen molar-refractivity contribution in [3.05, 3.63) is 0 Å². The quantitative estimate of drug-likeness (QED) is 0.369. The molecule has 0 fully saturated rings. The summed E-state index contributed by atoms with van der Waals surface area (Å²) in [7, 11) is 1.63. The van der Waals surface area contributed by atoms with Crippen molar-refractivity contribution < 1.29 is 38.3 Å². The number of methoxy groups -OCH3 is 1. The Kier molecular flexibility index (Phi) is 16.6. The van der Waals surface area contributed by atoms with Gasteiger partial charge >= 0.3 is 5.97 Å². The second-order valence-corrected chi connectivity index (χ2v) is 3.89. The number of aliphatic carboxylic acids is 1. The predicted octanol–water partition coefficient (Wildman–Crippen LogP) is -0.200. The molecule has 0 rings (SSSR count). The van der Waals surface area contributed by atoms with Crippen molar-refractivity contribution in [1.82, 2.24) is 0 Å². The summed E-state index contributed by atoms with van der Waals surface area (Å²) in [5.74, 6) is -0.984. The van der Waals surface area contributed by atoms with Gasteiger partial charge < -0.3 is 33.5 Å². The summed E-state index contributed by atoms with van der Waals surface area (Å²) < 4.78 is 30.6. The van der Waals surface area contributed by atoms with E-state index in [0.29, 0.717) is 59.5 Å². The van der Waals surface area contributed by atoms with Gasteiger partial charge in [0.2, 0.25) is 0 Å². The van der Waals surface area contributed by atoms with E-state index in [0.717, 1.165) is 0 Å². The van der Waals surface area contributed by atoms with Crippen LogP contribution in [0.4, 0.5) is 0 Å². The summed E-state index contributed by atoms with van der Waals surface area (Å²) in [6.07, 6.45) is 0. The third-order valence-electron chi connectivity index (χ3n) is 2.15. The lowest BCUT2D eigenvalue weighted by Crippen LogP contribution is -2.15. The highest BCUT2D eigenvalue weighted by Gasteiger charge is 1.96. The maximum absolute atomic E-state index is 10.1. The molecule has 0 saturated heterocycles. The van der Waals surface area contributed by atoms with Gasteiger partial charge in [0.1, 0.15) is 6.61 Å². The van der Waals surface area contributed by atoms with Gasteiger partial charge in [-0.25, -0.2) is 4.79 Å². The van der Waals surface area contributed by atoms with Crippen LogP contribution in [0.5, 0.6) is 0 Å². The molecule has 0 saturated carbocycles. The van der Waals surface area contributed by atoms with Crippen molar-refractivity contribution in [3.8, 4) is 0 Å². The van der Waals surface area contributed by atoms with Gasteiger partial charge in [0, 0.05) is 7.11 Å². The molecule has 0 unspecified atom stereocenters. The Labute approximate surface area is 125 Å². The Balaban J connectivity index is 2.95. The zero-order chi connectivity index (χ0) is 15.6. The fourth-order valence-electron chi connectivity index (χ4n) is 1.18. The predicted molar refractivity (Wildman–Crippen MR) is 73.6 cm³/mol. The molecule has 0 aliphatic heterocycles. The molecule has 8 nitrogen and oxygen atoms in total. The van der Waals surface area contributed by atoms with E-state index in [9.17, 15) is 4.79 Å². The van der Waals surface area contributed by atoms with Crippen LogP contribution in [0.1, 0.15) is 0 Å². The van der Waals surface area contributed by atoms with Crippen LogP contribution in [0.25, 0.3) is 0 Å². The van der Waals surface area contributed by atoms with Gasteiger partial charge in [0.25, 0.3) is 0 Å². The maximum atomic E-state index is 10.1. The summed E-state index contributed by atoms with van der Waals surface area (Å²) >= 11 is 0. The molecular weight excluding hydrogens is 284 g/mol. The number of carboxylic acids is 1. The summed E-state index contributed by atoms with van der Waals surface area (Å²) in [6.45, 7) is 4.47. The molecule has 0 bridgehead atoms. The van der Waals surface area contributed by atoms with Crippen molar-refractivity contribution in [2.24, 2.45) is 0 Å². The van der Waals surface area contributed by atoms with Crippen LogP contribution >= 0.6 is 0 Å². The maximum Gasteiger partial charge on any atom is 0.329 e. The number of carbonyl (C=O) groups is 1. The van der Waals surface area contributed by atoms with Gasteiger partial charge in [-0.2, -0.15) is 0 Å². The molecule has 0 amide bonds. The number of carboxylic acid groups (broad SMARTS) is 1. The van der Waals surface area contributed by atoms with Crippen molar-refractivity contribution in [2.75, 3.05) is 79.8 Å². The smallest absolute Gasteiger partial charge is 0.329 e. The minimum atomic E-state index is -0.984. The number of hydrogen-bond acceptors (Lipinski definition) is 7. The Hall–Kier alpha value is -0.770. The lowest BCUT2D eigenvalue weighted by atomic mass is 10.7. The van der Waals surface area contributed by atoms with Crippen LogP contribution in [-0.4, -0.2) is 90.9 Å². The highest BCUT2D eigenvalue weighted by Crippen LogP contribution is 1.84. The van der Waals surface area contributed by atoms with Gasteiger partial charge in [-0.3, -0.25) is 0 Å². The summed E-state index contributed by atoms with van der Waals surface area (Å²) in [5, 5.41) is 8.32. The second kappa shape index (κ2) is 17.3. The summed E-state index contributed by atoms with van der Waals surface area (Å²) in [5.41, 5.74) is 0. The van der Waals surface area contributed by atoms with Gasteiger partial charge in [0.05, 0.1) is 66.1 Å². The lowest BCUT2D eigenvalue weighted by Gasteiger charge is -2.07. The Morgan fingerprint density at radius 3 is 1.33 bits per heavy atom. The zero-order valence-corrected chi connectivity index (χ0v) is 12.6. The first-order valence-electron chi connectivity index (χ1n) is 6.86. The minimum absolute atomic E-state index is 0.262. The minimum Gasteiger partial charge on any atom is -0.480 e. The number of hydrogen-bond donors (Lipinski definition) is 1. The van der Waals surface area contributed by atoms with E-state index < -0.39 is 5.97 Å². The largest absolute Gasteiger partial charge is 0.480 e. The van der Waals surface area contributed by atoms with Crippen LogP contribution in [0, 0.1) is 0 Å². The molecule has 0 aromatic heterocycles. The first-order chi connectivity index (χ1) is 10.3. The van der Waals surface area contributed by atoms with E-state index >= 15 is 0 Å². The lowest BCUT2D eigenvalue weighted by molar-refractivity contribution is -0.142. The Bertz CT molecular complexity index is 224. The monoisotopic (exact) mass is 310 g/mol. The summed E-state index contributed by atoms with van der Waals surface area (Å²) in [4.78, 5) is 10.1. The van der Waals surface area contributed by atoms with E-state index in [1.165, 1.54) is 0 Å². The Morgan fingerprint density at radius 1 is 0.667 bits per heavy atom. The molecule has 0 aliphatic carbocycles. The molecule has 8 heteroatoms. The average molecular weight is 310 g/mol. The van der Waals surface area contributed by atoms with E-state index in [1.54, 1.807) is 7.11 Å². The molecule has 1 N–H and O–H groups in total. The molecule has 126 valence electrons. The van der Waals surface area contributed by atoms with Crippen LogP contribution in [-0.2, 0) is 33.2 Å². The van der Waals surface area contributed by atoms with Gasteiger partial charge in [-0.15, -0.1) is 0 Å². The first kappa shape index (κ1) is 20.2. The van der Waals surface area contributed by atoms with E-state index in [-0.39, 0.29) is 13.2 Å². The van der Waals surface area contributed by atoms with Crippen LogP contribution < -0.4 is 0 Å². The number of ether oxygens (including phenoxy) is 6. The Morgan fingerprint density at radius 2 is 1.00 bits per heavy atom. The first-order valence-corrected chi connectivity index (χ1v) is 6.86. The number of rotatable bonds is 17. The third-order valence-corrected chi connectivity index (χ3v) is 2.15. The molecule has 21 heavy (non-hydrogen) atoms. The highest BCUT2D eigenvalue weighted by atomic mass is 16.6. The topological polar surface area (TPSA) is 92.7 Å². The molecule has 0 aromatic rings.